The number of carbonyl (C=O) groups excluding carboxylic acids is 2. The van der Waals surface area contributed by atoms with Crippen LogP contribution in [-0.2, 0) is 4.74 Å². The van der Waals surface area contributed by atoms with Gasteiger partial charge in [-0.3, -0.25) is 4.79 Å². The van der Waals surface area contributed by atoms with Gasteiger partial charge in [-0.25, -0.2) is 4.79 Å². The van der Waals surface area contributed by atoms with E-state index in [1.54, 1.807) is 19.1 Å². The van der Waals surface area contributed by atoms with Gasteiger partial charge in [0.15, 0.2) is 17.8 Å². The van der Waals surface area contributed by atoms with Gasteiger partial charge in [0.05, 0.1) is 38.7 Å². The molecule has 0 saturated heterocycles. The summed E-state index contributed by atoms with van der Waals surface area (Å²) < 4.78 is 21.0. The molecule has 0 aliphatic rings. The second kappa shape index (κ2) is 7.94. The average Bonchev–Trinajstić information content (AvgIpc) is 2.96. The van der Waals surface area contributed by atoms with Crippen molar-refractivity contribution in [1.82, 2.24) is 4.98 Å². The third-order valence-electron chi connectivity index (χ3n) is 3.54. The Kier molecular flexibility index (Phi) is 5.93. The van der Waals surface area contributed by atoms with Gasteiger partial charge >= 0.3 is 5.97 Å². The quantitative estimate of drug-likeness (QED) is 0.596. The summed E-state index contributed by atoms with van der Waals surface area (Å²) in [6, 6.07) is 3.32. The fourth-order valence-corrected chi connectivity index (χ4v) is 2.82. The number of ether oxygens (including phenoxy) is 4. The number of aromatic amines is 1. The van der Waals surface area contributed by atoms with Crippen LogP contribution in [0, 0.1) is 0 Å². The first-order valence-corrected chi connectivity index (χ1v) is 7.74. The highest BCUT2D eigenvalue weighted by Crippen LogP contribution is 2.47. The van der Waals surface area contributed by atoms with Crippen molar-refractivity contribution in [3.8, 4) is 28.4 Å². The molecule has 0 aliphatic carbocycles. The summed E-state index contributed by atoms with van der Waals surface area (Å²) in [5.41, 5.74) is 0.910. The first-order chi connectivity index (χ1) is 12.0. The third kappa shape index (κ3) is 3.28. The maximum atomic E-state index is 12.0. The molecular weight excluding hydrogens is 350 g/mol. The summed E-state index contributed by atoms with van der Waals surface area (Å²) in [6.07, 6.45) is 0.570. The maximum Gasteiger partial charge on any atom is 0.356 e. The first kappa shape index (κ1) is 18.7. The minimum absolute atomic E-state index is 0.00236. The van der Waals surface area contributed by atoms with Crippen LogP contribution in [0.25, 0.3) is 11.1 Å². The Morgan fingerprint density at radius 1 is 1.16 bits per heavy atom. The van der Waals surface area contributed by atoms with Crippen molar-refractivity contribution in [3.63, 3.8) is 0 Å². The minimum Gasteiger partial charge on any atom is -0.493 e. The molecule has 1 aromatic carbocycles. The summed E-state index contributed by atoms with van der Waals surface area (Å²) in [4.78, 5) is 26.2. The molecule has 8 heteroatoms. The fourth-order valence-electron chi connectivity index (χ4n) is 2.49. The van der Waals surface area contributed by atoms with Crippen LogP contribution < -0.4 is 14.2 Å². The molecule has 0 aliphatic heterocycles. The third-order valence-corrected chi connectivity index (χ3v) is 3.92. The Morgan fingerprint density at radius 2 is 1.84 bits per heavy atom. The molecule has 1 N–H and O–H groups in total. The number of aromatic nitrogens is 1. The standard InChI is InChI=1S/C17H18ClNO6/c1-5-25-17(21)14-13(18)12(10(8-20)19-14)9-6-7-11(22-2)16(24-4)15(9)23-3/h6-8,19H,5H2,1-4H3. The number of carbonyl (C=O) groups is 2. The molecule has 134 valence electrons. The number of benzene rings is 1. The van der Waals surface area contributed by atoms with Crippen molar-refractivity contribution in [3.05, 3.63) is 28.5 Å². The lowest BCUT2D eigenvalue weighted by atomic mass is 10.0. The Balaban J connectivity index is 2.74. The summed E-state index contributed by atoms with van der Waals surface area (Å²) >= 11 is 6.35. The lowest BCUT2D eigenvalue weighted by Crippen LogP contribution is -2.05. The van der Waals surface area contributed by atoms with Crippen molar-refractivity contribution in [2.24, 2.45) is 0 Å². The van der Waals surface area contributed by atoms with E-state index in [4.69, 9.17) is 30.5 Å². The topological polar surface area (TPSA) is 86.9 Å². The Morgan fingerprint density at radius 3 is 2.36 bits per heavy atom. The normalized spacial score (nSPS) is 10.3. The van der Waals surface area contributed by atoms with Crippen molar-refractivity contribution in [1.29, 1.82) is 0 Å². The first-order valence-electron chi connectivity index (χ1n) is 7.37. The van der Waals surface area contributed by atoms with E-state index in [-0.39, 0.29) is 23.0 Å². The van der Waals surface area contributed by atoms with E-state index in [0.717, 1.165) is 0 Å². The van der Waals surface area contributed by atoms with E-state index >= 15 is 0 Å². The highest BCUT2D eigenvalue weighted by atomic mass is 35.5. The number of rotatable bonds is 7. The van der Waals surface area contributed by atoms with Gasteiger partial charge in [0, 0.05) is 11.1 Å². The van der Waals surface area contributed by atoms with Gasteiger partial charge in [0.25, 0.3) is 0 Å². The monoisotopic (exact) mass is 367 g/mol. The lowest BCUT2D eigenvalue weighted by molar-refractivity contribution is 0.0520. The van der Waals surface area contributed by atoms with Crippen LogP contribution >= 0.6 is 11.6 Å². The minimum atomic E-state index is -0.652. The number of halogens is 1. The Labute approximate surface area is 149 Å². The van der Waals surface area contributed by atoms with Gasteiger partial charge in [0.2, 0.25) is 5.75 Å². The van der Waals surface area contributed by atoms with Crippen molar-refractivity contribution >= 4 is 23.9 Å². The summed E-state index contributed by atoms with van der Waals surface area (Å²) in [6.45, 7) is 1.85. The van der Waals surface area contributed by atoms with Crippen molar-refractivity contribution < 1.29 is 28.5 Å². The highest BCUT2D eigenvalue weighted by Gasteiger charge is 2.27. The molecule has 0 fully saturated rings. The van der Waals surface area contributed by atoms with E-state index in [1.165, 1.54) is 21.3 Å². The van der Waals surface area contributed by atoms with E-state index in [2.05, 4.69) is 4.98 Å². The van der Waals surface area contributed by atoms with Gasteiger partial charge in [-0.2, -0.15) is 0 Å². The van der Waals surface area contributed by atoms with E-state index < -0.39 is 5.97 Å². The van der Waals surface area contributed by atoms with Crippen molar-refractivity contribution in [2.75, 3.05) is 27.9 Å². The molecular formula is C17H18ClNO6. The molecule has 2 rings (SSSR count). The van der Waals surface area contributed by atoms with Crippen LogP contribution in [0.5, 0.6) is 17.2 Å². The Hall–Kier alpha value is -2.67. The van der Waals surface area contributed by atoms with Crippen LogP contribution in [0.1, 0.15) is 27.9 Å². The molecule has 0 spiro atoms. The molecule has 0 atom stereocenters. The summed E-state index contributed by atoms with van der Waals surface area (Å²) in [5.74, 6) is 0.463. The number of aldehydes is 1. The van der Waals surface area contributed by atoms with Gasteiger partial charge in [-0.15, -0.1) is 0 Å². The zero-order chi connectivity index (χ0) is 18.6. The van der Waals surface area contributed by atoms with Gasteiger partial charge < -0.3 is 23.9 Å². The molecule has 1 aromatic heterocycles. The summed E-state index contributed by atoms with van der Waals surface area (Å²) in [7, 11) is 4.41. The number of hydrogen-bond donors (Lipinski definition) is 1. The summed E-state index contributed by atoms with van der Waals surface area (Å²) in [5, 5.41) is 0.0612. The number of methoxy groups -OCH3 is 3. The fraction of sp³-hybridized carbons (Fsp3) is 0.294. The molecule has 2 aromatic rings. The van der Waals surface area contributed by atoms with Crippen LogP contribution in [-0.4, -0.2) is 45.2 Å². The van der Waals surface area contributed by atoms with E-state index in [9.17, 15) is 9.59 Å². The van der Waals surface area contributed by atoms with Crippen LogP contribution in [0.3, 0.4) is 0 Å². The molecule has 0 unspecified atom stereocenters. The molecule has 0 saturated carbocycles. The zero-order valence-electron chi connectivity index (χ0n) is 14.3. The number of hydrogen-bond acceptors (Lipinski definition) is 6. The van der Waals surface area contributed by atoms with Gasteiger partial charge in [0.1, 0.15) is 5.69 Å². The molecule has 1 heterocycles. The predicted molar refractivity (Wildman–Crippen MR) is 92.2 cm³/mol. The van der Waals surface area contributed by atoms with E-state index in [1.807, 2.05) is 0 Å². The molecule has 7 nitrogen and oxygen atoms in total. The molecule has 0 bridgehead atoms. The average molecular weight is 368 g/mol. The number of nitrogens with one attached hydrogen (secondary N) is 1. The number of H-pyrrole nitrogens is 1. The SMILES string of the molecule is CCOC(=O)c1[nH]c(C=O)c(-c2ccc(OC)c(OC)c2OC)c1Cl. The zero-order valence-corrected chi connectivity index (χ0v) is 15.0. The largest absolute Gasteiger partial charge is 0.493 e. The van der Waals surface area contributed by atoms with Crippen molar-refractivity contribution in [2.45, 2.75) is 6.92 Å². The lowest BCUT2D eigenvalue weighted by Gasteiger charge is -2.15. The smallest absolute Gasteiger partial charge is 0.356 e. The van der Waals surface area contributed by atoms with Gasteiger partial charge in [-0.1, -0.05) is 11.6 Å². The molecule has 0 radical (unpaired) electrons. The maximum absolute atomic E-state index is 12.0. The Bertz CT molecular complexity index is 799. The molecule has 25 heavy (non-hydrogen) atoms. The van der Waals surface area contributed by atoms with Crippen LogP contribution in [0.15, 0.2) is 12.1 Å². The second-order valence-corrected chi connectivity index (χ2v) is 5.20. The predicted octanol–water partition coefficient (Wildman–Crippen LogP) is 3.35. The highest BCUT2D eigenvalue weighted by molar-refractivity contribution is 6.37. The molecule has 0 amide bonds. The second-order valence-electron chi connectivity index (χ2n) is 4.82. The van der Waals surface area contributed by atoms with Crippen LogP contribution in [0.4, 0.5) is 0 Å². The number of esters is 1. The van der Waals surface area contributed by atoms with Gasteiger partial charge in [-0.05, 0) is 19.1 Å². The van der Waals surface area contributed by atoms with E-state index in [0.29, 0.717) is 34.7 Å². The van der Waals surface area contributed by atoms with Crippen LogP contribution in [0.2, 0.25) is 5.02 Å².